The van der Waals surface area contributed by atoms with Crippen LogP contribution in [0.4, 0.5) is 0 Å². The number of benzene rings is 3. The molecule has 2 N–H and O–H groups in total. The summed E-state index contributed by atoms with van der Waals surface area (Å²) in [6, 6.07) is 21.2. The van der Waals surface area contributed by atoms with Gasteiger partial charge in [0, 0.05) is 83.6 Å². The van der Waals surface area contributed by atoms with Gasteiger partial charge in [0.1, 0.15) is 8.07 Å². The first-order chi connectivity index (χ1) is 30.6. The monoisotopic (exact) mass is 861 g/mol. The van der Waals surface area contributed by atoms with Gasteiger partial charge in [0.2, 0.25) is 5.91 Å². The maximum atomic E-state index is 14.2. The van der Waals surface area contributed by atoms with Crippen molar-refractivity contribution in [2.75, 3.05) is 0 Å². The number of carbonyl (C=O) groups is 6. The number of rotatable bonds is 9. The summed E-state index contributed by atoms with van der Waals surface area (Å²) in [4.78, 5) is 88.5. The van der Waals surface area contributed by atoms with Crippen LogP contribution in [0.3, 0.4) is 0 Å². The van der Waals surface area contributed by atoms with Gasteiger partial charge in [-0.1, -0.05) is 55.7 Å². The van der Waals surface area contributed by atoms with E-state index in [4.69, 9.17) is 10.5 Å². The Morgan fingerprint density at radius 1 is 0.603 bits per heavy atom. The van der Waals surface area contributed by atoms with E-state index in [0.29, 0.717) is 48.1 Å². The molecule has 3 aromatic rings. The van der Waals surface area contributed by atoms with Crippen molar-refractivity contribution < 1.29 is 33.5 Å². The summed E-state index contributed by atoms with van der Waals surface area (Å²) < 4.78 is 6.78. The van der Waals surface area contributed by atoms with Crippen LogP contribution in [0.15, 0.2) is 78.9 Å². The van der Waals surface area contributed by atoms with E-state index in [2.05, 4.69) is 46.2 Å². The van der Waals surface area contributed by atoms with Crippen molar-refractivity contribution in [1.82, 2.24) is 19.6 Å². The van der Waals surface area contributed by atoms with Crippen LogP contribution in [0, 0.1) is 0 Å². The minimum atomic E-state index is -2.69. The number of imide groups is 2. The maximum absolute atomic E-state index is 14.2. The van der Waals surface area contributed by atoms with Gasteiger partial charge in [-0.15, -0.1) is 0 Å². The van der Waals surface area contributed by atoms with Crippen LogP contribution in [0.2, 0.25) is 12.1 Å². The zero-order chi connectivity index (χ0) is 42.9. The van der Waals surface area contributed by atoms with Crippen molar-refractivity contribution in [3.63, 3.8) is 0 Å². The molecule has 2 unspecified atom stereocenters. The first-order valence-electron chi connectivity index (χ1n) is 23.2. The second-order valence-corrected chi connectivity index (χ2v) is 23.8. The Morgan fingerprint density at radius 2 is 1.05 bits per heavy atom. The predicted octanol–water partition coefficient (Wildman–Crippen LogP) is 4.15. The fourth-order valence-electron chi connectivity index (χ4n) is 14.0. The molecule has 9 aliphatic rings. The van der Waals surface area contributed by atoms with Gasteiger partial charge in [-0.25, -0.2) is 4.79 Å². The number of nitrogens with two attached hydrogens (primary N) is 1. The Balaban J connectivity index is 1.04. The van der Waals surface area contributed by atoms with Gasteiger partial charge in [0.15, 0.2) is 5.60 Å². The standard InChI is InChI=1S/C50H51N5O7Si/c51-48(60)31-6-15-36-39(28-31)50(62-49(36)61)37-16-4-29(26-42(54-44(56)18-19-45(54)57)52-32-7-8-33(52)10-9-32)24-40(37)63(22-2-1-3-23-63)41-25-30(5-17-38(41)50)27-43(55-46(58)20-21-47(55)59)53-34-11-12-35(53)14-13-34/h4-6,15-21,24-25,28,32-35,42-43H,1-3,7-14,22-23,26-27H2,(H2,51,60). The molecule has 12 nitrogen and oxygen atoms in total. The molecule has 2 atom stereocenters. The van der Waals surface area contributed by atoms with Crippen LogP contribution in [-0.4, -0.2) is 99.7 Å². The van der Waals surface area contributed by atoms with Crippen molar-refractivity contribution in [3.8, 4) is 0 Å². The largest absolute Gasteiger partial charge is 0.441 e. The summed E-state index contributed by atoms with van der Waals surface area (Å²) in [6.07, 6.45) is 17.3. The van der Waals surface area contributed by atoms with Crippen molar-refractivity contribution >= 4 is 54.0 Å². The van der Waals surface area contributed by atoms with E-state index < -0.39 is 37.9 Å². The highest BCUT2D eigenvalue weighted by Crippen LogP contribution is 2.51. The Labute approximate surface area is 367 Å². The fraction of sp³-hybridized carbons (Fsp3) is 0.440. The predicted molar refractivity (Wildman–Crippen MR) is 234 cm³/mol. The fourth-order valence-corrected chi connectivity index (χ4v) is 19.8. The number of amides is 5. The highest BCUT2D eigenvalue weighted by atomic mass is 28.3. The van der Waals surface area contributed by atoms with E-state index in [1.54, 1.807) is 18.2 Å². The number of hydrogen-bond donors (Lipinski definition) is 1. The molecule has 9 aliphatic heterocycles. The van der Waals surface area contributed by atoms with Gasteiger partial charge < -0.3 is 10.5 Å². The molecule has 0 saturated carbocycles. The molecule has 0 aliphatic carbocycles. The van der Waals surface area contributed by atoms with Gasteiger partial charge in [-0.05, 0) is 103 Å². The Bertz CT molecular complexity index is 2430. The first-order valence-corrected chi connectivity index (χ1v) is 25.6. The van der Waals surface area contributed by atoms with E-state index in [1.165, 1.54) is 44.5 Å². The number of primary amides is 1. The molecule has 9 heterocycles. The lowest BCUT2D eigenvalue weighted by atomic mass is 9.78. The van der Waals surface area contributed by atoms with Crippen LogP contribution in [0.1, 0.15) is 119 Å². The molecular weight excluding hydrogens is 811 g/mol. The molecule has 13 heteroatoms. The van der Waals surface area contributed by atoms with Gasteiger partial charge in [0.05, 0.1) is 17.9 Å². The Hall–Kier alpha value is -5.50. The molecule has 0 aromatic heterocycles. The summed E-state index contributed by atoms with van der Waals surface area (Å²) in [5.74, 6) is -2.18. The van der Waals surface area contributed by atoms with Crippen LogP contribution in [-0.2, 0) is 42.4 Å². The van der Waals surface area contributed by atoms with Crippen molar-refractivity contribution in [1.29, 1.82) is 0 Å². The molecule has 0 radical (unpaired) electrons. The second-order valence-electron chi connectivity index (χ2n) is 19.5. The Kier molecular flexibility index (Phi) is 8.85. The molecule has 4 bridgehead atoms. The number of nitrogens with zero attached hydrogens (tertiary/aromatic N) is 4. The van der Waals surface area contributed by atoms with Crippen molar-refractivity contribution in [2.45, 2.75) is 138 Å². The van der Waals surface area contributed by atoms with Gasteiger partial charge >= 0.3 is 5.97 Å². The average Bonchev–Trinajstić information content (AvgIpc) is 4.19. The highest BCUT2D eigenvalue weighted by Gasteiger charge is 2.59. The average molecular weight is 862 g/mol. The second kappa shape index (κ2) is 14.3. The Morgan fingerprint density at radius 3 is 1.48 bits per heavy atom. The van der Waals surface area contributed by atoms with Crippen molar-refractivity contribution in [3.05, 3.63) is 118 Å². The van der Waals surface area contributed by atoms with Crippen molar-refractivity contribution in [2.24, 2.45) is 5.73 Å². The quantitative estimate of drug-likeness (QED) is 0.190. The third kappa shape index (κ3) is 5.64. The summed E-state index contributed by atoms with van der Waals surface area (Å²) >= 11 is 0. The summed E-state index contributed by atoms with van der Waals surface area (Å²) in [5, 5.41) is 2.36. The molecule has 63 heavy (non-hydrogen) atoms. The molecule has 5 amide bonds. The molecule has 2 spiro atoms. The summed E-state index contributed by atoms with van der Waals surface area (Å²) in [6.45, 7) is 0. The normalized spacial score (nSPS) is 29.7. The third-order valence-corrected chi connectivity index (χ3v) is 21.9. The third-order valence-electron chi connectivity index (χ3n) is 16.6. The molecule has 322 valence electrons. The first kappa shape index (κ1) is 39.1. The van der Waals surface area contributed by atoms with Crippen LogP contribution >= 0.6 is 0 Å². The zero-order valence-corrected chi connectivity index (χ0v) is 36.3. The molecule has 12 rings (SSSR count). The van der Waals surface area contributed by atoms with Crippen LogP contribution in [0.25, 0.3) is 0 Å². The van der Waals surface area contributed by atoms with E-state index in [-0.39, 0.29) is 29.2 Å². The zero-order valence-electron chi connectivity index (χ0n) is 35.3. The molecule has 5 fully saturated rings. The summed E-state index contributed by atoms with van der Waals surface area (Å²) in [7, 11) is -2.69. The lowest BCUT2D eigenvalue weighted by Crippen LogP contribution is -2.67. The molecule has 5 saturated heterocycles. The highest BCUT2D eigenvalue weighted by molar-refractivity contribution is 7.03. The van der Waals surface area contributed by atoms with Gasteiger partial charge in [-0.2, -0.15) is 0 Å². The number of ether oxygens (including phenoxy) is 1. The van der Waals surface area contributed by atoms with Crippen LogP contribution in [0.5, 0.6) is 0 Å². The lowest BCUT2D eigenvalue weighted by molar-refractivity contribution is -0.146. The van der Waals surface area contributed by atoms with E-state index in [0.717, 1.165) is 105 Å². The van der Waals surface area contributed by atoms with E-state index in [1.807, 2.05) is 0 Å². The van der Waals surface area contributed by atoms with E-state index >= 15 is 0 Å². The minimum Gasteiger partial charge on any atom is -0.441 e. The van der Waals surface area contributed by atoms with E-state index in [9.17, 15) is 28.8 Å². The molecular formula is C50H51N5O7Si. The smallest absolute Gasteiger partial charge is 0.340 e. The maximum Gasteiger partial charge on any atom is 0.340 e. The number of carbonyl (C=O) groups excluding carboxylic acids is 6. The number of fused-ring (bicyclic) bond motifs is 12. The SMILES string of the molecule is NC(=O)c1ccc2c(c1)C1(OC2=O)c2ccc(CC(N3C(=O)C=CC3=O)N3C4CCC3CC4)cc2[Si]2(CCCCC2)c2cc(CC(N3C(=O)C=CC3=O)N3C4CCC3CC4)ccc21. The molecule has 3 aromatic carbocycles. The van der Waals surface area contributed by atoms with Crippen LogP contribution < -0.4 is 16.1 Å². The number of hydrogen-bond acceptors (Lipinski definition) is 9. The van der Waals surface area contributed by atoms with Gasteiger partial charge in [0.25, 0.3) is 23.6 Å². The summed E-state index contributed by atoms with van der Waals surface area (Å²) in [5.41, 5.74) is 9.62. The number of esters is 1. The minimum absolute atomic E-state index is 0.277. The topological polar surface area (TPSA) is 151 Å². The lowest BCUT2D eigenvalue weighted by Gasteiger charge is -2.48. The van der Waals surface area contributed by atoms with Gasteiger partial charge in [-0.3, -0.25) is 43.6 Å².